The van der Waals surface area contributed by atoms with Gasteiger partial charge in [0.1, 0.15) is 0 Å². The fourth-order valence-electron chi connectivity index (χ4n) is 3.14. The van der Waals surface area contributed by atoms with E-state index in [1.54, 1.807) is 6.20 Å². The molecule has 8 heteroatoms. The van der Waals surface area contributed by atoms with Crippen LogP contribution < -0.4 is 0 Å². The van der Waals surface area contributed by atoms with Gasteiger partial charge in [-0.25, -0.2) is 4.79 Å². The molecule has 0 saturated heterocycles. The number of hydrogen-bond acceptors (Lipinski definition) is 4. The van der Waals surface area contributed by atoms with Crippen molar-refractivity contribution in [3.05, 3.63) is 71.8 Å². The van der Waals surface area contributed by atoms with Gasteiger partial charge < -0.3 is 10.0 Å². The Bertz CT molecular complexity index is 948. The average molecular weight is 395 g/mol. The molecular weight excluding hydrogens is 370 g/mol. The smallest absolute Gasteiger partial charge is 0.338 e. The van der Waals surface area contributed by atoms with Crippen molar-refractivity contribution in [3.8, 4) is 0 Å². The molecule has 0 unspecified atom stereocenters. The lowest BCUT2D eigenvalue weighted by molar-refractivity contribution is -0.132. The summed E-state index contributed by atoms with van der Waals surface area (Å²) in [5.74, 6) is -1.03. The highest BCUT2D eigenvalue weighted by molar-refractivity contribution is 5.86. The van der Waals surface area contributed by atoms with E-state index >= 15 is 0 Å². The number of carboxylic acids is 1. The highest BCUT2D eigenvalue weighted by atomic mass is 16.4. The molecule has 29 heavy (non-hydrogen) atoms. The van der Waals surface area contributed by atoms with Crippen LogP contribution in [0.2, 0.25) is 0 Å². The van der Waals surface area contributed by atoms with Gasteiger partial charge in [-0.15, -0.1) is 0 Å². The van der Waals surface area contributed by atoms with Crippen LogP contribution in [0.4, 0.5) is 0 Å². The van der Waals surface area contributed by atoms with Gasteiger partial charge in [-0.05, 0) is 25.0 Å². The maximum atomic E-state index is 12.9. The summed E-state index contributed by atoms with van der Waals surface area (Å²) in [6.07, 6.45) is 5.49. The molecule has 152 valence electrons. The molecule has 0 fully saturated rings. The number of benzene rings is 1. The highest BCUT2D eigenvalue weighted by Crippen LogP contribution is 2.10. The first-order valence-electron chi connectivity index (χ1n) is 9.65. The average Bonchev–Trinajstić information content (AvgIpc) is 3.39. The van der Waals surface area contributed by atoms with Crippen molar-refractivity contribution in [3.63, 3.8) is 0 Å². The summed E-state index contributed by atoms with van der Waals surface area (Å²) in [6.45, 7) is 4.18. The minimum atomic E-state index is -1.03. The molecule has 2 heterocycles. The van der Waals surface area contributed by atoms with Crippen molar-refractivity contribution < 1.29 is 14.7 Å². The lowest BCUT2D eigenvalue weighted by atomic mass is 10.1. The molecule has 1 aromatic carbocycles. The van der Waals surface area contributed by atoms with Crippen molar-refractivity contribution in [2.24, 2.45) is 0 Å². The summed E-state index contributed by atoms with van der Waals surface area (Å²) in [7, 11) is 0. The fraction of sp³-hybridized carbons (Fsp3) is 0.333. The lowest BCUT2D eigenvalue weighted by Crippen LogP contribution is -2.34. The zero-order valence-corrected chi connectivity index (χ0v) is 16.4. The molecule has 0 spiro atoms. The van der Waals surface area contributed by atoms with Crippen molar-refractivity contribution in [1.29, 1.82) is 0 Å². The number of nitrogens with zero attached hydrogens (tertiary/aromatic N) is 5. The third-order valence-electron chi connectivity index (χ3n) is 4.76. The zero-order chi connectivity index (χ0) is 20.6. The van der Waals surface area contributed by atoms with Gasteiger partial charge in [-0.2, -0.15) is 10.2 Å². The number of amides is 1. The molecule has 1 amide bonds. The summed E-state index contributed by atoms with van der Waals surface area (Å²) in [5, 5.41) is 17.3. The largest absolute Gasteiger partial charge is 0.478 e. The van der Waals surface area contributed by atoms with Gasteiger partial charge in [0, 0.05) is 38.4 Å². The van der Waals surface area contributed by atoms with Gasteiger partial charge in [0.15, 0.2) is 0 Å². The van der Waals surface area contributed by atoms with E-state index in [9.17, 15) is 9.59 Å². The Morgan fingerprint density at radius 1 is 1.14 bits per heavy atom. The lowest BCUT2D eigenvalue weighted by Gasteiger charge is -2.23. The Labute approximate surface area is 169 Å². The first-order chi connectivity index (χ1) is 14.1. The SMILES string of the molecule is CCn1nccc1CN(CCc1ccccc1)C(=O)CCn1cc(C(=O)O)cn1. The van der Waals surface area contributed by atoms with Crippen molar-refractivity contribution in [2.45, 2.75) is 39.4 Å². The molecule has 0 saturated carbocycles. The number of carboxylic acid groups (broad SMARTS) is 1. The minimum absolute atomic E-state index is 0.00263. The first kappa shape index (κ1) is 20.3. The highest BCUT2D eigenvalue weighted by Gasteiger charge is 2.17. The van der Waals surface area contributed by atoms with E-state index in [0.717, 1.165) is 18.7 Å². The summed E-state index contributed by atoms with van der Waals surface area (Å²) in [6, 6.07) is 12.0. The molecule has 0 aliphatic carbocycles. The standard InChI is InChI=1S/C21H25N5O3/c1-2-26-19(8-11-22-26)16-24(12-9-17-6-4-3-5-7-17)20(27)10-13-25-15-18(14-23-25)21(28)29/h3-8,11,14-15H,2,9-10,12-13,16H2,1H3,(H,28,29). The maximum Gasteiger partial charge on any atom is 0.338 e. The van der Waals surface area contributed by atoms with Crippen LogP contribution in [-0.2, 0) is 30.8 Å². The third-order valence-corrected chi connectivity index (χ3v) is 4.76. The third kappa shape index (κ3) is 5.54. The number of aryl methyl sites for hydroxylation is 2. The minimum Gasteiger partial charge on any atom is -0.478 e. The zero-order valence-electron chi connectivity index (χ0n) is 16.4. The molecule has 3 rings (SSSR count). The van der Waals surface area contributed by atoms with E-state index in [0.29, 0.717) is 19.6 Å². The molecule has 1 N–H and O–H groups in total. The number of hydrogen-bond donors (Lipinski definition) is 1. The number of aromatic nitrogens is 4. The molecule has 2 aromatic heterocycles. The Balaban J connectivity index is 1.66. The Hall–Kier alpha value is -3.42. The van der Waals surface area contributed by atoms with Crippen molar-refractivity contribution >= 4 is 11.9 Å². The Morgan fingerprint density at radius 3 is 2.62 bits per heavy atom. The number of carbonyl (C=O) groups is 2. The molecule has 0 radical (unpaired) electrons. The quantitative estimate of drug-likeness (QED) is 0.569. The molecule has 0 bridgehead atoms. The molecule has 0 aliphatic heterocycles. The second kappa shape index (κ2) is 9.68. The van der Waals surface area contributed by atoms with Gasteiger partial charge in [0.25, 0.3) is 0 Å². The van der Waals surface area contributed by atoms with E-state index in [2.05, 4.69) is 22.3 Å². The van der Waals surface area contributed by atoms with E-state index in [4.69, 9.17) is 5.11 Å². The normalized spacial score (nSPS) is 10.8. The first-order valence-corrected chi connectivity index (χ1v) is 9.65. The van der Waals surface area contributed by atoms with Crippen molar-refractivity contribution in [1.82, 2.24) is 24.5 Å². The van der Waals surface area contributed by atoms with Crippen LogP contribution in [0.5, 0.6) is 0 Å². The second-order valence-corrected chi connectivity index (χ2v) is 6.74. The Kier molecular flexibility index (Phi) is 6.78. The van der Waals surface area contributed by atoms with Crippen LogP contribution in [0.15, 0.2) is 55.0 Å². The summed E-state index contributed by atoms with van der Waals surface area (Å²) in [5.41, 5.74) is 2.28. The second-order valence-electron chi connectivity index (χ2n) is 6.74. The topological polar surface area (TPSA) is 93.2 Å². The molecule has 8 nitrogen and oxygen atoms in total. The molecule has 3 aromatic rings. The van der Waals surface area contributed by atoms with Gasteiger partial charge in [-0.3, -0.25) is 14.2 Å². The summed E-state index contributed by atoms with van der Waals surface area (Å²) >= 11 is 0. The van der Waals surface area contributed by atoms with Gasteiger partial charge in [0.2, 0.25) is 5.91 Å². The van der Waals surface area contributed by atoms with Gasteiger partial charge in [-0.1, -0.05) is 30.3 Å². The summed E-state index contributed by atoms with van der Waals surface area (Å²) in [4.78, 5) is 25.8. The van der Waals surface area contributed by atoms with Crippen LogP contribution in [-0.4, -0.2) is 48.0 Å². The van der Waals surface area contributed by atoms with Crippen LogP contribution in [0.3, 0.4) is 0 Å². The Morgan fingerprint density at radius 2 is 1.93 bits per heavy atom. The van der Waals surface area contributed by atoms with Gasteiger partial charge in [0.05, 0.1) is 24.0 Å². The van der Waals surface area contributed by atoms with Crippen LogP contribution >= 0.6 is 0 Å². The predicted molar refractivity (Wildman–Crippen MR) is 107 cm³/mol. The maximum absolute atomic E-state index is 12.9. The van der Waals surface area contributed by atoms with E-state index in [1.165, 1.54) is 22.6 Å². The number of rotatable bonds is 10. The van der Waals surface area contributed by atoms with Crippen LogP contribution in [0, 0.1) is 0 Å². The predicted octanol–water partition coefficient (Wildman–Crippen LogP) is 2.46. The van der Waals surface area contributed by atoms with E-state index < -0.39 is 5.97 Å². The summed E-state index contributed by atoms with van der Waals surface area (Å²) < 4.78 is 3.38. The monoisotopic (exact) mass is 395 g/mol. The van der Waals surface area contributed by atoms with Crippen molar-refractivity contribution in [2.75, 3.05) is 6.54 Å². The molecular formula is C21H25N5O3. The molecule has 0 aliphatic rings. The molecule has 0 atom stereocenters. The van der Waals surface area contributed by atoms with E-state index in [-0.39, 0.29) is 17.9 Å². The fourth-order valence-corrected chi connectivity index (χ4v) is 3.14. The number of aromatic carboxylic acids is 1. The number of carbonyl (C=O) groups excluding carboxylic acids is 1. The van der Waals surface area contributed by atoms with E-state index in [1.807, 2.05) is 40.8 Å². The van der Waals surface area contributed by atoms with Crippen LogP contribution in [0.1, 0.15) is 35.0 Å². The van der Waals surface area contributed by atoms with Gasteiger partial charge >= 0.3 is 5.97 Å². The van der Waals surface area contributed by atoms with Crippen LogP contribution in [0.25, 0.3) is 0 Å².